The van der Waals surface area contributed by atoms with Gasteiger partial charge in [-0.2, -0.15) is 0 Å². The maximum atomic E-state index is 12.5. The molecular formula is C21H28N4O4. The summed E-state index contributed by atoms with van der Waals surface area (Å²) in [4.78, 5) is 32.3. The maximum absolute atomic E-state index is 12.5. The summed E-state index contributed by atoms with van der Waals surface area (Å²) in [5, 5.41) is 2.96. The van der Waals surface area contributed by atoms with Gasteiger partial charge in [0.15, 0.2) is 11.6 Å². The molecule has 1 fully saturated rings. The molecule has 2 heterocycles. The van der Waals surface area contributed by atoms with Crippen molar-refractivity contribution in [2.45, 2.75) is 32.2 Å². The number of benzene rings is 1. The Bertz CT molecular complexity index is 852. The number of aromatic nitrogens is 1. The van der Waals surface area contributed by atoms with Crippen LogP contribution in [0.2, 0.25) is 0 Å². The molecule has 0 aliphatic carbocycles. The van der Waals surface area contributed by atoms with E-state index in [1.807, 2.05) is 29.2 Å². The minimum absolute atomic E-state index is 0.0775. The summed E-state index contributed by atoms with van der Waals surface area (Å²) in [7, 11) is 5.01. The number of amides is 3. The highest BCUT2D eigenvalue weighted by Crippen LogP contribution is 2.29. The number of ether oxygens (including phenoxy) is 1. The van der Waals surface area contributed by atoms with Gasteiger partial charge in [0.2, 0.25) is 0 Å². The lowest BCUT2D eigenvalue weighted by Crippen LogP contribution is -2.43. The number of piperidine rings is 1. The maximum Gasteiger partial charge on any atom is 0.317 e. The molecule has 8 nitrogen and oxygen atoms in total. The van der Waals surface area contributed by atoms with Crippen LogP contribution >= 0.6 is 0 Å². The first-order chi connectivity index (χ1) is 13.9. The average Bonchev–Trinajstić information content (AvgIpc) is 3.13. The first-order valence-electron chi connectivity index (χ1n) is 9.73. The second-order valence-corrected chi connectivity index (χ2v) is 7.42. The van der Waals surface area contributed by atoms with Gasteiger partial charge in [0.25, 0.3) is 5.91 Å². The van der Waals surface area contributed by atoms with Crippen LogP contribution in [0.3, 0.4) is 0 Å². The van der Waals surface area contributed by atoms with Crippen LogP contribution in [-0.4, -0.2) is 61.0 Å². The van der Waals surface area contributed by atoms with Crippen molar-refractivity contribution in [3.8, 4) is 5.75 Å². The first-order valence-corrected chi connectivity index (χ1v) is 9.73. The van der Waals surface area contributed by atoms with E-state index in [-0.39, 0.29) is 17.9 Å². The minimum atomic E-state index is -0.159. The standard InChI is InChI=1S/C21H28N4O4/c1-14-18(20(26)24(2)3)23-19(29-14)16-9-11-25(12-10-16)21(27)22-13-15-5-7-17(28-4)8-6-15/h5-8,16H,9-13H2,1-4H3,(H,22,27). The van der Waals surface area contributed by atoms with Crippen LogP contribution in [0.4, 0.5) is 4.79 Å². The van der Waals surface area contributed by atoms with Crippen LogP contribution in [0.15, 0.2) is 28.7 Å². The first kappa shape index (κ1) is 20.7. The zero-order valence-corrected chi connectivity index (χ0v) is 17.4. The number of urea groups is 1. The predicted octanol–water partition coefficient (Wildman–Crippen LogP) is 2.78. The van der Waals surface area contributed by atoms with Crippen LogP contribution in [0.25, 0.3) is 0 Å². The lowest BCUT2D eigenvalue weighted by atomic mass is 9.97. The number of carbonyl (C=O) groups is 2. The lowest BCUT2D eigenvalue weighted by molar-refractivity contribution is 0.0821. The largest absolute Gasteiger partial charge is 0.497 e. The Morgan fingerprint density at radius 1 is 1.24 bits per heavy atom. The quantitative estimate of drug-likeness (QED) is 0.834. The van der Waals surface area contributed by atoms with Crippen molar-refractivity contribution >= 4 is 11.9 Å². The van der Waals surface area contributed by atoms with E-state index in [9.17, 15) is 9.59 Å². The van der Waals surface area contributed by atoms with Gasteiger partial charge >= 0.3 is 6.03 Å². The van der Waals surface area contributed by atoms with Crippen molar-refractivity contribution in [3.63, 3.8) is 0 Å². The number of carbonyl (C=O) groups excluding carboxylic acids is 2. The molecule has 1 aromatic carbocycles. The Morgan fingerprint density at radius 2 is 1.90 bits per heavy atom. The molecule has 3 amide bonds. The highest BCUT2D eigenvalue weighted by Gasteiger charge is 2.29. The zero-order valence-electron chi connectivity index (χ0n) is 17.4. The molecule has 1 aromatic heterocycles. The van der Waals surface area contributed by atoms with Gasteiger partial charge in [-0.25, -0.2) is 9.78 Å². The van der Waals surface area contributed by atoms with Gasteiger partial charge in [-0.1, -0.05) is 12.1 Å². The molecule has 1 aliphatic heterocycles. The second-order valence-electron chi connectivity index (χ2n) is 7.42. The van der Waals surface area contributed by atoms with Crippen molar-refractivity contribution in [3.05, 3.63) is 47.2 Å². The van der Waals surface area contributed by atoms with Gasteiger partial charge in [-0.15, -0.1) is 0 Å². The van der Waals surface area contributed by atoms with Gasteiger partial charge in [0, 0.05) is 39.6 Å². The number of likely N-dealkylation sites (tertiary alicyclic amines) is 1. The summed E-state index contributed by atoms with van der Waals surface area (Å²) in [6, 6.07) is 7.54. The smallest absolute Gasteiger partial charge is 0.317 e. The van der Waals surface area contributed by atoms with Gasteiger partial charge in [-0.05, 0) is 37.5 Å². The van der Waals surface area contributed by atoms with Crippen molar-refractivity contribution in [2.24, 2.45) is 0 Å². The molecule has 0 unspecified atom stereocenters. The molecule has 0 radical (unpaired) electrons. The van der Waals surface area contributed by atoms with E-state index < -0.39 is 0 Å². The molecule has 1 N–H and O–H groups in total. The van der Waals surface area contributed by atoms with E-state index in [1.165, 1.54) is 4.90 Å². The monoisotopic (exact) mass is 400 g/mol. The summed E-state index contributed by atoms with van der Waals surface area (Å²) < 4.78 is 10.9. The molecule has 1 aliphatic rings. The van der Waals surface area contributed by atoms with Crippen molar-refractivity contribution in [1.82, 2.24) is 20.1 Å². The van der Waals surface area contributed by atoms with Crippen LogP contribution in [-0.2, 0) is 6.54 Å². The van der Waals surface area contributed by atoms with E-state index >= 15 is 0 Å². The SMILES string of the molecule is COc1ccc(CNC(=O)N2CCC(c3nc(C(=O)N(C)C)c(C)o3)CC2)cc1. The Hall–Kier alpha value is -3.03. The van der Waals surface area contributed by atoms with Gasteiger partial charge in [0.1, 0.15) is 11.5 Å². The highest BCUT2D eigenvalue weighted by molar-refractivity contribution is 5.92. The molecule has 0 bridgehead atoms. The lowest BCUT2D eigenvalue weighted by Gasteiger charge is -2.30. The molecule has 29 heavy (non-hydrogen) atoms. The zero-order chi connectivity index (χ0) is 21.0. The number of nitrogens with zero attached hydrogens (tertiary/aromatic N) is 3. The van der Waals surface area contributed by atoms with Crippen molar-refractivity contribution in [2.75, 3.05) is 34.3 Å². The Balaban J connectivity index is 1.51. The summed E-state index contributed by atoms with van der Waals surface area (Å²) in [5.41, 5.74) is 1.38. The Kier molecular flexibility index (Phi) is 6.41. The minimum Gasteiger partial charge on any atom is -0.497 e. The van der Waals surface area contributed by atoms with Crippen LogP contribution in [0.1, 0.15) is 46.5 Å². The number of oxazole rings is 1. The fraction of sp³-hybridized carbons (Fsp3) is 0.476. The molecule has 0 saturated carbocycles. The van der Waals surface area contributed by atoms with Crippen LogP contribution < -0.4 is 10.1 Å². The van der Waals surface area contributed by atoms with Gasteiger partial charge < -0.3 is 24.3 Å². The predicted molar refractivity (Wildman–Crippen MR) is 108 cm³/mol. The third kappa shape index (κ3) is 4.88. The molecule has 156 valence electrons. The molecular weight excluding hydrogens is 372 g/mol. The van der Waals surface area contributed by atoms with E-state index in [4.69, 9.17) is 9.15 Å². The molecule has 2 aromatic rings. The summed E-state index contributed by atoms with van der Waals surface area (Å²) in [6.45, 7) is 3.47. The fourth-order valence-corrected chi connectivity index (χ4v) is 3.36. The number of rotatable bonds is 5. The highest BCUT2D eigenvalue weighted by atomic mass is 16.5. The normalized spacial score (nSPS) is 14.6. The molecule has 1 saturated heterocycles. The number of aryl methyl sites for hydroxylation is 1. The Labute approximate surface area is 170 Å². The summed E-state index contributed by atoms with van der Waals surface area (Å²) in [5.74, 6) is 1.87. The van der Waals surface area contributed by atoms with Crippen molar-refractivity contribution in [1.29, 1.82) is 0 Å². The third-order valence-corrected chi connectivity index (χ3v) is 5.16. The van der Waals surface area contributed by atoms with Crippen LogP contribution in [0.5, 0.6) is 5.75 Å². The van der Waals surface area contributed by atoms with E-state index in [0.717, 1.165) is 24.2 Å². The summed E-state index contributed by atoms with van der Waals surface area (Å²) >= 11 is 0. The number of methoxy groups -OCH3 is 1. The number of nitrogens with one attached hydrogen (secondary N) is 1. The third-order valence-electron chi connectivity index (χ3n) is 5.16. The van der Waals surface area contributed by atoms with E-state index in [1.54, 1.807) is 28.1 Å². The number of hydrogen-bond acceptors (Lipinski definition) is 5. The molecule has 8 heteroatoms. The van der Waals surface area contributed by atoms with Gasteiger partial charge in [-0.3, -0.25) is 4.79 Å². The van der Waals surface area contributed by atoms with E-state index in [0.29, 0.717) is 37.0 Å². The van der Waals surface area contributed by atoms with Crippen LogP contribution in [0, 0.1) is 6.92 Å². The van der Waals surface area contributed by atoms with Crippen molar-refractivity contribution < 1.29 is 18.7 Å². The second kappa shape index (κ2) is 8.98. The van der Waals surface area contributed by atoms with Gasteiger partial charge in [0.05, 0.1) is 7.11 Å². The fourth-order valence-electron chi connectivity index (χ4n) is 3.36. The summed E-state index contributed by atoms with van der Waals surface area (Å²) in [6.07, 6.45) is 1.51. The number of hydrogen-bond donors (Lipinski definition) is 1. The topological polar surface area (TPSA) is 87.9 Å². The molecule has 3 rings (SSSR count). The van der Waals surface area contributed by atoms with E-state index in [2.05, 4.69) is 10.3 Å². The molecule has 0 spiro atoms. The average molecular weight is 400 g/mol. The Morgan fingerprint density at radius 3 is 2.48 bits per heavy atom. The molecule has 0 atom stereocenters.